The fourth-order valence-corrected chi connectivity index (χ4v) is 4.39. The third-order valence-electron chi connectivity index (χ3n) is 5.16. The molecule has 0 spiro atoms. The number of anilines is 1. The average molecular weight is 472 g/mol. The first-order chi connectivity index (χ1) is 16.5. The van der Waals surface area contributed by atoms with Crippen LogP contribution in [0.2, 0.25) is 0 Å². The van der Waals surface area contributed by atoms with Crippen LogP contribution in [0.15, 0.2) is 96.4 Å². The van der Waals surface area contributed by atoms with Gasteiger partial charge in [-0.25, -0.2) is 0 Å². The predicted molar refractivity (Wildman–Crippen MR) is 134 cm³/mol. The topological polar surface area (TPSA) is 88.9 Å². The lowest BCUT2D eigenvalue weighted by molar-refractivity contribution is -0.120. The van der Waals surface area contributed by atoms with Crippen molar-refractivity contribution in [3.05, 3.63) is 102 Å². The first-order valence-electron chi connectivity index (χ1n) is 10.9. The van der Waals surface area contributed by atoms with Gasteiger partial charge in [0, 0.05) is 12.6 Å². The Balaban J connectivity index is 1.51. The Labute approximate surface area is 202 Å². The molecule has 1 aromatic heterocycles. The molecule has 8 heteroatoms. The fourth-order valence-electron chi connectivity index (χ4n) is 3.54. The smallest absolute Gasteiger partial charge is 0.234 e. The second-order valence-electron chi connectivity index (χ2n) is 7.74. The van der Waals surface area contributed by atoms with E-state index in [0.717, 1.165) is 16.8 Å². The molecule has 2 amide bonds. The quantitative estimate of drug-likeness (QED) is 0.366. The third kappa shape index (κ3) is 5.71. The molecule has 1 unspecified atom stereocenters. The number of amides is 2. The van der Waals surface area contributed by atoms with Crippen LogP contribution in [-0.4, -0.2) is 31.8 Å². The van der Waals surface area contributed by atoms with Gasteiger partial charge in [0.2, 0.25) is 11.8 Å². The van der Waals surface area contributed by atoms with E-state index >= 15 is 0 Å². The minimum Gasteiger partial charge on any atom is -0.344 e. The van der Waals surface area contributed by atoms with Crippen LogP contribution in [0.5, 0.6) is 0 Å². The third-order valence-corrected chi connectivity index (χ3v) is 6.22. The number of nitrogens with zero attached hydrogens (tertiary/aromatic N) is 3. The maximum atomic E-state index is 13.2. The Morgan fingerprint density at radius 3 is 2.18 bits per heavy atom. The highest BCUT2D eigenvalue weighted by Gasteiger charge is 2.23. The summed E-state index contributed by atoms with van der Waals surface area (Å²) in [6.07, 6.45) is 1.59. The van der Waals surface area contributed by atoms with Crippen molar-refractivity contribution in [2.75, 3.05) is 5.32 Å². The van der Waals surface area contributed by atoms with E-state index in [2.05, 4.69) is 20.8 Å². The van der Waals surface area contributed by atoms with Gasteiger partial charge < -0.3 is 10.6 Å². The van der Waals surface area contributed by atoms with Gasteiger partial charge in [-0.1, -0.05) is 78.5 Å². The lowest BCUT2D eigenvalue weighted by Gasteiger charge is -2.22. The van der Waals surface area contributed by atoms with E-state index in [0.29, 0.717) is 10.8 Å². The Bertz CT molecular complexity index is 1220. The number of rotatable bonds is 8. The van der Waals surface area contributed by atoms with Crippen LogP contribution in [-0.2, 0) is 9.59 Å². The normalized spacial score (nSPS) is 11.7. The molecule has 1 heterocycles. The molecule has 172 valence electrons. The monoisotopic (exact) mass is 471 g/mol. The van der Waals surface area contributed by atoms with Crippen LogP contribution < -0.4 is 10.6 Å². The van der Waals surface area contributed by atoms with E-state index < -0.39 is 5.25 Å². The predicted octanol–water partition coefficient (Wildman–Crippen LogP) is 4.61. The molecule has 7 nitrogen and oxygen atoms in total. The maximum Gasteiger partial charge on any atom is 0.234 e. The number of hydrogen-bond acceptors (Lipinski definition) is 5. The molecule has 0 radical (unpaired) electrons. The molecule has 0 saturated heterocycles. The van der Waals surface area contributed by atoms with Gasteiger partial charge in [0.05, 0.1) is 17.0 Å². The van der Waals surface area contributed by atoms with Crippen molar-refractivity contribution in [2.24, 2.45) is 0 Å². The molecule has 2 N–H and O–H groups in total. The molecule has 34 heavy (non-hydrogen) atoms. The first-order valence-corrected chi connectivity index (χ1v) is 11.7. The average Bonchev–Trinajstić information content (AvgIpc) is 3.31. The maximum absolute atomic E-state index is 13.2. The number of benzene rings is 3. The summed E-state index contributed by atoms with van der Waals surface area (Å²) in [5.74, 6) is -0.253. The summed E-state index contributed by atoms with van der Waals surface area (Å²) >= 11 is 1.32. The van der Waals surface area contributed by atoms with Crippen molar-refractivity contribution in [3.8, 4) is 5.69 Å². The Morgan fingerprint density at radius 2 is 1.56 bits per heavy atom. The van der Waals surface area contributed by atoms with E-state index in [4.69, 9.17) is 0 Å². The van der Waals surface area contributed by atoms with Gasteiger partial charge in [-0.15, -0.1) is 10.2 Å². The van der Waals surface area contributed by atoms with Crippen molar-refractivity contribution in [1.29, 1.82) is 0 Å². The van der Waals surface area contributed by atoms with Gasteiger partial charge in [-0.2, -0.15) is 0 Å². The Kier molecular flexibility index (Phi) is 7.39. The van der Waals surface area contributed by atoms with Crippen LogP contribution in [0.1, 0.15) is 31.0 Å². The summed E-state index contributed by atoms with van der Waals surface area (Å²) < 4.78 is 1.80. The van der Waals surface area contributed by atoms with Gasteiger partial charge in [-0.3, -0.25) is 14.2 Å². The Hall–Kier alpha value is -3.91. The number of carbonyl (C=O) groups is 2. The van der Waals surface area contributed by atoms with E-state index in [1.54, 1.807) is 10.9 Å². The molecule has 4 aromatic rings. The first kappa shape index (κ1) is 23.3. The van der Waals surface area contributed by atoms with Crippen molar-refractivity contribution in [3.63, 3.8) is 0 Å². The second-order valence-corrected chi connectivity index (χ2v) is 9.05. The minimum atomic E-state index is -0.420. The van der Waals surface area contributed by atoms with Crippen molar-refractivity contribution in [2.45, 2.75) is 30.3 Å². The van der Waals surface area contributed by atoms with Crippen molar-refractivity contribution >= 4 is 29.3 Å². The number of aromatic nitrogens is 3. The van der Waals surface area contributed by atoms with Crippen LogP contribution in [0.3, 0.4) is 0 Å². The van der Waals surface area contributed by atoms with Crippen LogP contribution >= 0.6 is 11.8 Å². The second kappa shape index (κ2) is 10.8. The molecule has 0 aliphatic rings. The van der Waals surface area contributed by atoms with Crippen molar-refractivity contribution < 1.29 is 9.59 Å². The van der Waals surface area contributed by atoms with Gasteiger partial charge in [0.15, 0.2) is 5.16 Å². The zero-order valence-corrected chi connectivity index (χ0v) is 19.7. The SMILES string of the molecule is CC(=O)Nc1cccc(-n2cnnc2SC(C)C(=O)NC(c2ccccc2)c2ccccc2)c1. The zero-order chi connectivity index (χ0) is 23.9. The van der Waals surface area contributed by atoms with Crippen LogP contribution in [0, 0.1) is 0 Å². The summed E-state index contributed by atoms with van der Waals surface area (Å²) in [7, 11) is 0. The molecule has 3 aromatic carbocycles. The van der Waals surface area contributed by atoms with E-state index in [1.807, 2.05) is 91.9 Å². The lowest BCUT2D eigenvalue weighted by atomic mass is 9.98. The zero-order valence-electron chi connectivity index (χ0n) is 18.9. The highest BCUT2D eigenvalue weighted by atomic mass is 32.2. The molecule has 0 aliphatic heterocycles. The summed E-state index contributed by atoms with van der Waals surface area (Å²) in [5, 5.41) is 14.4. The van der Waals surface area contributed by atoms with Gasteiger partial charge in [0.1, 0.15) is 6.33 Å². The van der Waals surface area contributed by atoms with E-state index in [9.17, 15) is 9.59 Å². The highest BCUT2D eigenvalue weighted by Crippen LogP contribution is 2.27. The molecule has 0 aliphatic carbocycles. The molecule has 4 rings (SSSR count). The molecule has 1 atom stereocenters. The minimum absolute atomic E-state index is 0.107. The highest BCUT2D eigenvalue weighted by molar-refractivity contribution is 8.00. The Morgan fingerprint density at radius 1 is 0.912 bits per heavy atom. The molecule has 0 bridgehead atoms. The standard InChI is InChI=1S/C26H25N5O2S/c1-18(25(33)29-24(20-10-5-3-6-11-20)21-12-7-4-8-13-21)34-26-30-27-17-31(26)23-15-9-14-22(16-23)28-19(2)32/h3-18,24H,1-2H3,(H,28,32)(H,29,33). The van der Waals surface area contributed by atoms with E-state index in [1.165, 1.54) is 18.7 Å². The van der Waals surface area contributed by atoms with Gasteiger partial charge in [-0.05, 0) is 36.2 Å². The largest absolute Gasteiger partial charge is 0.344 e. The molecule has 0 saturated carbocycles. The van der Waals surface area contributed by atoms with Gasteiger partial charge in [0.25, 0.3) is 0 Å². The number of hydrogen-bond donors (Lipinski definition) is 2. The van der Waals surface area contributed by atoms with Gasteiger partial charge >= 0.3 is 0 Å². The molecular weight excluding hydrogens is 446 g/mol. The van der Waals surface area contributed by atoms with Crippen molar-refractivity contribution in [1.82, 2.24) is 20.1 Å². The lowest BCUT2D eigenvalue weighted by Crippen LogP contribution is -2.35. The fraction of sp³-hybridized carbons (Fsp3) is 0.154. The van der Waals surface area contributed by atoms with Crippen LogP contribution in [0.25, 0.3) is 5.69 Å². The summed E-state index contributed by atoms with van der Waals surface area (Å²) in [4.78, 5) is 24.6. The summed E-state index contributed by atoms with van der Waals surface area (Å²) in [5.41, 5.74) is 3.49. The molecule has 0 fully saturated rings. The van der Waals surface area contributed by atoms with E-state index in [-0.39, 0.29) is 17.9 Å². The number of nitrogens with one attached hydrogen (secondary N) is 2. The van der Waals surface area contributed by atoms with Crippen LogP contribution in [0.4, 0.5) is 5.69 Å². The number of thioether (sulfide) groups is 1. The number of carbonyl (C=O) groups excluding carboxylic acids is 2. The summed E-state index contributed by atoms with van der Waals surface area (Å²) in [6, 6.07) is 26.9. The summed E-state index contributed by atoms with van der Waals surface area (Å²) in [6.45, 7) is 3.31. The molecular formula is C26H25N5O2S.